The summed E-state index contributed by atoms with van der Waals surface area (Å²) in [6, 6.07) is 9.63. The van der Waals surface area contributed by atoms with Crippen LogP contribution >= 0.6 is 0 Å². The van der Waals surface area contributed by atoms with Gasteiger partial charge in [-0.1, -0.05) is 18.2 Å². The van der Waals surface area contributed by atoms with E-state index < -0.39 is 0 Å². The topological polar surface area (TPSA) is 70.7 Å². The Hall–Kier alpha value is -1.92. The molecule has 2 rings (SSSR count). The van der Waals surface area contributed by atoms with Gasteiger partial charge in [0.05, 0.1) is 6.54 Å². The molecule has 126 valence electrons. The van der Waals surface area contributed by atoms with E-state index >= 15 is 0 Å². The van der Waals surface area contributed by atoms with Gasteiger partial charge >= 0.3 is 0 Å². The van der Waals surface area contributed by atoms with Crippen LogP contribution in [0.1, 0.15) is 19.8 Å². The average Bonchev–Trinajstić information content (AvgIpc) is 2.55. The van der Waals surface area contributed by atoms with Crippen LogP contribution in [0.5, 0.6) is 0 Å². The van der Waals surface area contributed by atoms with Crippen molar-refractivity contribution < 1.29 is 14.3 Å². The highest BCUT2D eigenvalue weighted by molar-refractivity contribution is 5.92. The van der Waals surface area contributed by atoms with Gasteiger partial charge in [0.1, 0.15) is 6.61 Å². The van der Waals surface area contributed by atoms with Gasteiger partial charge in [-0.2, -0.15) is 0 Å². The van der Waals surface area contributed by atoms with E-state index in [2.05, 4.69) is 15.5 Å². The quantitative estimate of drug-likeness (QED) is 0.793. The number of benzene rings is 1. The second kappa shape index (κ2) is 9.27. The highest BCUT2D eigenvalue weighted by Crippen LogP contribution is 2.11. The van der Waals surface area contributed by atoms with Crippen LogP contribution in [0.25, 0.3) is 0 Å². The zero-order chi connectivity index (χ0) is 16.5. The Labute approximate surface area is 137 Å². The van der Waals surface area contributed by atoms with Crippen molar-refractivity contribution in [3.8, 4) is 0 Å². The zero-order valence-corrected chi connectivity index (χ0v) is 13.6. The predicted molar refractivity (Wildman–Crippen MR) is 89.2 cm³/mol. The molecule has 0 bridgehead atoms. The van der Waals surface area contributed by atoms with Crippen molar-refractivity contribution in [2.24, 2.45) is 0 Å². The number of rotatable bonds is 7. The van der Waals surface area contributed by atoms with Crippen molar-refractivity contribution in [2.75, 3.05) is 38.2 Å². The third-order valence-electron chi connectivity index (χ3n) is 3.81. The minimum absolute atomic E-state index is 0.00460. The zero-order valence-electron chi connectivity index (χ0n) is 13.6. The Morgan fingerprint density at radius 3 is 2.52 bits per heavy atom. The summed E-state index contributed by atoms with van der Waals surface area (Å²) in [6.07, 6.45) is 1.72. The normalized spacial score (nSPS) is 16.0. The number of ether oxygens (including phenoxy) is 1. The van der Waals surface area contributed by atoms with Crippen molar-refractivity contribution in [2.45, 2.75) is 25.8 Å². The molecule has 0 radical (unpaired) electrons. The van der Waals surface area contributed by atoms with Gasteiger partial charge in [0.15, 0.2) is 0 Å². The molecule has 1 aromatic carbocycles. The fraction of sp³-hybridized carbons (Fsp3) is 0.529. The van der Waals surface area contributed by atoms with E-state index in [1.165, 1.54) is 0 Å². The molecule has 0 spiro atoms. The third-order valence-corrected chi connectivity index (χ3v) is 3.81. The monoisotopic (exact) mass is 319 g/mol. The van der Waals surface area contributed by atoms with Crippen LogP contribution < -0.4 is 10.6 Å². The summed E-state index contributed by atoms with van der Waals surface area (Å²) >= 11 is 0. The van der Waals surface area contributed by atoms with E-state index in [-0.39, 0.29) is 24.5 Å². The van der Waals surface area contributed by atoms with Gasteiger partial charge in [-0.25, -0.2) is 0 Å². The molecule has 0 unspecified atom stereocenters. The van der Waals surface area contributed by atoms with Crippen LogP contribution in [0.3, 0.4) is 0 Å². The maximum Gasteiger partial charge on any atom is 0.246 e. The first-order valence-corrected chi connectivity index (χ1v) is 8.11. The molecule has 1 fully saturated rings. The van der Waals surface area contributed by atoms with E-state index in [1.54, 1.807) is 0 Å². The van der Waals surface area contributed by atoms with Crippen LogP contribution in [-0.2, 0) is 14.3 Å². The van der Waals surface area contributed by atoms with Gasteiger partial charge in [-0.05, 0) is 31.9 Å². The van der Waals surface area contributed by atoms with Gasteiger partial charge in [-0.3, -0.25) is 14.5 Å². The predicted octanol–water partition coefficient (Wildman–Crippen LogP) is 1.24. The smallest absolute Gasteiger partial charge is 0.246 e. The highest BCUT2D eigenvalue weighted by atomic mass is 16.5. The van der Waals surface area contributed by atoms with Crippen LogP contribution in [0, 0.1) is 0 Å². The van der Waals surface area contributed by atoms with Crippen molar-refractivity contribution >= 4 is 17.5 Å². The molecule has 1 aliphatic rings. The largest absolute Gasteiger partial charge is 0.372 e. The van der Waals surface area contributed by atoms with Crippen LogP contribution in [-0.4, -0.2) is 55.6 Å². The lowest BCUT2D eigenvalue weighted by Gasteiger charge is -2.31. The van der Waals surface area contributed by atoms with Gasteiger partial charge in [0, 0.05) is 31.4 Å². The summed E-state index contributed by atoms with van der Waals surface area (Å²) < 4.78 is 5.09. The van der Waals surface area contributed by atoms with Crippen molar-refractivity contribution in [3.05, 3.63) is 30.3 Å². The molecule has 1 saturated heterocycles. The minimum atomic E-state index is -0.0629. The Bertz CT molecular complexity index is 499. The van der Waals surface area contributed by atoms with Crippen molar-refractivity contribution in [1.29, 1.82) is 0 Å². The average molecular weight is 319 g/mol. The summed E-state index contributed by atoms with van der Waals surface area (Å²) in [5.41, 5.74) is 0.815. The number of nitrogens with zero attached hydrogens (tertiary/aromatic N) is 1. The van der Waals surface area contributed by atoms with Gasteiger partial charge in [0.25, 0.3) is 0 Å². The first-order valence-electron chi connectivity index (χ1n) is 8.11. The number of amides is 2. The Morgan fingerprint density at radius 2 is 1.87 bits per heavy atom. The van der Waals surface area contributed by atoms with Gasteiger partial charge in [0.2, 0.25) is 11.8 Å². The summed E-state index contributed by atoms with van der Waals surface area (Å²) in [6.45, 7) is 4.53. The number of likely N-dealkylation sites (tertiary alicyclic amines) is 1. The van der Waals surface area contributed by atoms with E-state index in [0.29, 0.717) is 13.2 Å². The van der Waals surface area contributed by atoms with E-state index in [4.69, 9.17) is 4.74 Å². The van der Waals surface area contributed by atoms with Crippen LogP contribution in [0.2, 0.25) is 0 Å². The van der Waals surface area contributed by atoms with Gasteiger partial charge < -0.3 is 15.4 Å². The standard InChI is InChI=1S/C17H25N3O3/c1-2-23-13-17(22)19-15-8-10-20(11-9-15)12-16(21)18-14-6-4-3-5-7-14/h3-7,15H,2,8-13H2,1H3,(H,18,21)(H,19,22). The molecule has 1 heterocycles. The number of anilines is 1. The first kappa shape index (κ1) is 17.4. The number of carbonyl (C=O) groups is 2. The fourth-order valence-corrected chi connectivity index (χ4v) is 2.62. The molecule has 0 aliphatic carbocycles. The summed E-state index contributed by atoms with van der Waals surface area (Å²) in [5, 5.41) is 5.87. The number of para-hydroxylation sites is 1. The SMILES string of the molecule is CCOCC(=O)NC1CCN(CC(=O)Nc2ccccc2)CC1. The Balaban J connectivity index is 1.66. The Kier molecular flexibility index (Phi) is 7.03. The molecule has 0 aromatic heterocycles. The lowest BCUT2D eigenvalue weighted by molar-refractivity contribution is -0.126. The third kappa shape index (κ3) is 6.38. The molecule has 2 N–H and O–H groups in total. The van der Waals surface area contributed by atoms with Crippen molar-refractivity contribution in [1.82, 2.24) is 10.2 Å². The molecule has 1 aliphatic heterocycles. The molecule has 6 heteroatoms. The number of hydrogen-bond donors (Lipinski definition) is 2. The fourth-order valence-electron chi connectivity index (χ4n) is 2.62. The maximum atomic E-state index is 12.0. The van der Waals surface area contributed by atoms with E-state index in [0.717, 1.165) is 31.6 Å². The van der Waals surface area contributed by atoms with E-state index in [1.807, 2.05) is 37.3 Å². The van der Waals surface area contributed by atoms with Gasteiger partial charge in [-0.15, -0.1) is 0 Å². The Morgan fingerprint density at radius 1 is 1.17 bits per heavy atom. The molecule has 0 atom stereocenters. The molecule has 6 nitrogen and oxygen atoms in total. The second-order valence-corrected chi connectivity index (χ2v) is 5.67. The highest BCUT2D eigenvalue weighted by Gasteiger charge is 2.22. The summed E-state index contributed by atoms with van der Waals surface area (Å²) in [4.78, 5) is 25.8. The summed E-state index contributed by atoms with van der Waals surface area (Å²) in [5.74, 6) is -0.0675. The molecule has 0 saturated carbocycles. The van der Waals surface area contributed by atoms with Crippen LogP contribution in [0.15, 0.2) is 30.3 Å². The first-order chi connectivity index (χ1) is 11.2. The molecule has 1 aromatic rings. The second-order valence-electron chi connectivity index (χ2n) is 5.67. The lowest BCUT2D eigenvalue weighted by Crippen LogP contribution is -2.47. The summed E-state index contributed by atoms with van der Waals surface area (Å²) in [7, 11) is 0. The van der Waals surface area contributed by atoms with Crippen LogP contribution in [0.4, 0.5) is 5.69 Å². The molecular formula is C17H25N3O3. The molecule has 23 heavy (non-hydrogen) atoms. The molecule has 2 amide bonds. The number of nitrogens with one attached hydrogen (secondary N) is 2. The van der Waals surface area contributed by atoms with Crippen molar-refractivity contribution in [3.63, 3.8) is 0 Å². The number of piperidine rings is 1. The number of carbonyl (C=O) groups excluding carboxylic acids is 2. The number of hydrogen-bond acceptors (Lipinski definition) is 4. The van der Waals surface area contributed by atoms with E-state index in [9.17, 15) is 9.59 Å². The maximum absolute atomic E-state index is 12.0. The minimum Gasteiger partial charge on any atom is -0.372 e. The lowest BCUT2D eigenvalue weighted by atomic mass is 10.1. The molecular weight excluding hydrogens is 294 g/mol.